The lowest BCUT2D eigenvalue weighted by Gasteiger charge is -2.14. The van der Waals surface area contributed by atoms with E-state index in [4.69, 9.17) is 0 Å². The second kappa shape index (κ2) is 42.6. The van der Waals surface area contributed by atoms with E-state index in [0.29, 0.717) is 58.0 Å². The molecule has 5 aromatic carbocycles. The Balaban J connectivity index is 0.000000188. The maximum absolute atomic E-state index is 12.1. The van der Waals surface area contributed by atoms with Gasteiger partial charge in [0.15, 0.2) is 21.4 Å². The van der Waals surface area contributed by atoms with E-state index >= 15 is 0 Å². The van der Waals surface area contributed by atoms with E-state index in [1.807, 2.05) is 171 Å². The largest absolute Gasteiger partial charge is 0.345 e. The summed E-state index contributed by atoms with van der Waals surface area (Å²) in [5.74, 6) is 10.4. The van der Waals surface area contributed by atoms with Gasteiger partial charge in [0, 0.05) is 140 Å². The predicted molar refractivity (Wildman–Crippen MR) is 463 cm³/mol. The van der Waals surface area contributed by atoms with Gasteiger partial charge in [0.2, 0.25) is 0 Å². The van der Waals surface area contributed by atoms with Crippen LogP contribution in [-0.2, 0) is 9.84 Å². The summed E-state index contributed by atoms with van der Waals surface area (Å²) >= 11 is 0. The average molecular weight is 1530 g/mol. The maximum atomic E-state index is 12.1. The minimum Gasteiger partial charge on any atom is -0.345 e. The Morgan fingerprint density at radius 2 is 0.761 bits per heavy atom. The SMILES string of the molecule is C.CC(C)c1ncccc1-c1ccc(C(=O)N(C)C)cc1.CC(C)c1ncccc1-c1cccc(-c2ncn[nH]2)c1.CC(C)c1ncccc1-c1cccc(C(=O)N(C)C)c1.CC(C)c1ncccc1-c1cccc(S(C)(=O)=O)c1.CC(C)c1ncccc1C#CC1CC1.CCC(=O)c1cccc(-c2cccnc2C(C)C)c1. The Morgan fingerprint density at radius 1 is 0.407 bits per heavy atom. The fraction of sp³-hybridized carbons (Fsp3) is 0.302. The molecule has 586 valence electrons. The molecule has 0 atom stereocenters. The van der Waals surface area contributed by atoms with Gasteiger partial charge in [0.25, 0.3) is 11.8 Å². The van der Waals surface area contributed by atoms with Crippen molar-refractivity contribution in [2.24, 2.45) is 5.92 Å². The molecule has 0 saturated heterocycles. The van der Waals surface area contributed by atoms with Crippen molar-refractivity contribution in [3.63, 3.8) is 0 Å². The van der Waals surface area contributed by atoms with Gasteiger partial charge in [0.05, 0.1) is 39.1 Å². The highest BCUT2D eigenvalue weighted by molar-refractivity contribution is 7.90. The number of aromatic amines is 1. The zero-order valence-electron chi connectivity index (χ0n) is 68.1. The van der Waals surface area contributed by atoms with Gasteiger partial charge in [0.1, 0.15) is 6.33 Å². The van der Waals surface area contributed by atoms with E-state index in [9.17, 15) is 22.8 Å². The molecule has 12 aromatic rings. The number of aromatic nitrogens is 9. The van der Waals surface area contributed by atoms with E-state index in [1.54, 1.807) is 62.4 Å². The summed E-state index contributed by atoms with van der Waals surface area (Å²) in [6.07, 6.45) is 16.7. The summed E-state index contributed by atoms with van der Waals surface area (Å²) in [5, 5.41) is 6.79. The number of amides is 2. The molecular weight excluding hydrogens is 1420 g/mol. The van der Waals surface area contributed by atoms with Crippen LogP contribution in [0.4, 0.5) is 0 Å². The van der Waals surface area contributed by atoms with Crippen LogP contribution in [0.1, 0.15) is 223 Å². The first-order chi connectivity index (χ1) is 53.6. The Bertz CT molecular complexity index is 5270. The fourth-order valence-corrected chi connectivity index (χ4v) is 12.9. The van der Waals surface area contributed by atoms with Crippen LogP contribution in [0, 0.1) is 17.8 Å². The fourth-order valence-electron chi connectivity index (χ4n) is 12.3. The molecule has 1 N–H and O–H groups in total. The number of nitrogens with one attached hydrogen (secondary N) is 1. The normalized spacial score (nSPS) is 11.4. The van der Waals surface area contributed by atoms with Gasteiger partial charge < -0.3 is 9.80 Å². The third-order valence-corrected chi connectivity index (χ3v) is 19.3. The lowest BCUT2D eigenvalue weighted by atomic mass is 9.95. The van der Waals surface area contributed by atoms with Gasteiger partial charge in [-0.3, -0.25) is 49.4 Å². The monoisotopic (exact) mass is 1530 g/mol. The van der Waals surface area contributed by atoms with Crippen molar-refractivity contribution >= 4 is 27.4 Å². The van der Waals surface area contributed by atoms with Crippen LogP contribution in [-0.4, -0.2) is 115 Å². The topological polar surface area (TPSA) is 211 Å². The van der Waals surface area contributed by atoms with E-state index in [1.165, 1.54) is 31.0 Å². The van der Waals surface area contributed by atoms with Crippen LogP contribution < -0.4 is 0 Å². The molecule has 1 saturated carbocycles. The van der Waals surface area contributed by atoms with Crippen molar-refractivity contribution in [2.75, 3.05) is 34.4 Å². The minimum absolute atomic E-state index is 0. The molecular formula is C96H111N11O5S. The molecule has 0 unspecified atom stereocenters. The molecule has 17 heteroatoms. The minimum atomic E-state index is -3.19. The predicted octanol–water partition coefficient (Wildman–Crippen LogP) is 22.1. The van der Waals surface area contributed by atoms with Gasteiger partial charge in [-0.15, -0.1) is 0 Å². The van der Waals surface area contributed by atoms with Crippen LogP contribution in [0.15, 0.2) is 243 Å². The molecule has 1 aliphatic rings. The molecule has 2 amide bonds. The van der Waals surface area contributed by atoms with Crippen molar-refractivity contribution < 1.29 is 22.8 Å². The number of hydrogen-bond donors (Lipinski definition) is 1. The molecule has 7 aromatic heterocycles. The summed E-state index contributed by atoms with van der Waals surface area (Å²) in [5.41, 5.74) is 21.5. The lowest BCUT2D eigenvalue weighted by molar-refractivity contribution is 0.0820. The van der Waals surface area contributed by atoms with Crippen molar-refractivity contribution in [1.29, 1.82) is 0 Å². The average Bonchev–Trinajstić information content (AvgIpc) is 1.65. The number of pyridine rings is 6. The number of carbonyl (C=O) groups excluding carboxylic acids is 3. The first kappa shape index (κ1) is 88.5. The zero-order chi connectivity index (χ0) is 81.2. The number of hydrogen-bond acceptors (Lipinski definition) is 13. The Hall–Kier alpha value is -11.7. The Kier molecular flexibility index (Phi) is 33.4. The highest BCUT2D eigenvalue weighted by Crippen LogP contribution is 2.35. The van der Waals surface area contributed by atoms with Gasteiger partial charge in [-0.05, 0) is 167 Å². The van der Waals surface area contributed by atoms with Crippen molar-refractivity contribution in [3.8, 4) is 78.9 Å². The molecule has 0 radical (unpaired) electrons. The van der Waals surface area contributed by atoms with E-state index in [2.05, 4.69) is 182 Å². The van der Waals surface area contributed by atoms with Gasteiger partial charge in [-0.2, -0.15) is 5.10 Å². The summed E-state index contributed by atoms with van der Waals surface area (Å²) in [7, 11) is 3.85. The molecule has 0 bridgehead atoms. The summed E-state index contributed by atoms with van der Waals surface area (Å²) < 4.78 is 23.2. The molecule has 1 aliphatic carbocycles. The molecule has 16 nitrogen and oxygen atoms in total. The smallest absolute Gasteiger partial charge is 0.253 e. The summed E-state index contributed by atoms with van der Waals surface area (Å²) in [6, 6.07) is 62.5. The summed E-state index contributed by atoms with van der Waals surface area (Å²) in [4.78, 5) is 70.1. The third-order valence-electron chi connectivity index (χ3n) is 18.2. The van der Waals surface area contributed by atoms with E-state index < -0.39 is 9.84 Å². The number of rotatable bonds is 17. The Morgan fingerprint density at radius 3 is 1.15 bits per heavy atom. The van der Waals surface area contributed by atoms with Gasteiger partial charge >= 0.3 is 0 Å². The van der Waals surface area contributed by atoms with E-state index in [0.717, 1.165) is 107 Å². The standard InChI is InChI=1S/2C17H20N2O.C17H19NO.C16H16N4.C15H17NO2S.C13H15N.CH4/c1-12(2)16-15(9-6-10-18-16)13-7-5-8-14(11-13)17(20)19(3)4;1-12(2)16-15(6-5-11-18-16)13-7-9-14(10-8-13)17(20)19(3)4;1-4-16(19)14-8-5-7-13(11-14)15-9-6-10-18-17(15)12(2)3;1-11(2)15-14(7-4-8-17-15)12-5-3-6-13(9-12)16-18-10-19-20-16;1-11(2)15-14(8-5-9-16-15)12-6-4-7-13(10-12)19(3,17)18;1-10(2)13-12(4-3-9-14-13)8-7-11-5-6-11;/h2*5-12H,1-4H3;5-12H,4H2,1-3H3;3-11H,1-2H3,(H,18,19,20);4-11H,1-3H3;3-4,9-11H,5-6H2,1-2H3;1H4. The van der Waals surface area contributed by atoms with Crippen molar-refractivity contribution in [1.82, 2.24) is 54.9 Å². The number of H-pyrrole nitrogens is 1. The highest BCUT2D eigenvalue weighted by Gasteiger charge is 2.20. The first-order valence-electron chi connectivity index (χ1n) is 38.3. The van der Waals surface area contributed by atoms with Crippen molar-refractivity contribution in [2.45, 2.75) is 157 Å². The molecule has 113 heavy (non-hydrogen) atoms. The number of benzene rings is 5. The first-order valence-corrected chi connectivity index (χ1v) is 40.2. The van der Waals surface area contributed by atoms with Crippen LogP contribution in [0.25, 0.3) is 67.0 Å². The van der Waals surface area contributed by atoms with Crippen LogP contribution in [0.2, 0.25) is 0 Å². The van der Waals surface area contributed by atoms with Crippen LogP contribution in [0.5, 0.6) is 0 Å². The molecule has 0 spiro atoms. The molecule has 1 fully saturated rings. The quantitative estimate of drug-likeness (QED) is 0.0665. The lowest BCUT2D eigenvalue weighted by Crippen LogP contribution is -2.21. The van der Waals surface area contributed by atoms with E-state index in [-0.39, 0.29) is 30.9 Å². The second-order valence-corrected chi connectivity index (χ2v) is 31.7. The summed E-state index contributed by atoms with van der Waals surface area (Å²) in [6.45, 7) is 27.5. The zero-order valence-corrected chi connectivity index (χ0v) is 68.9. The molecule has 0 aliphatic heterocycles. The maximum Gasteiger partial charge on any atom is 0.253 e. The van der Waals surface area contributed by atoms with Gasteiger partial charge in [-0.25, -0.2) is 13.4 Å². The van der Waals surface area contributed by atoms with Gasteiger partial charge in [-0.1, -0.05) is 212 Å². The Labute approximate surface area is 671 Å². The number of Topliss-reactive ketones (excluding diaryl/α,β-unsaturated/α-hetero) is 1. The number of sulfone groups is 1. The number of ketones is 1. The third kappa shape index (κ3) is 25.4. The van der Waals surface area contributed by atoms with Crippen LogP contribution in [0.3, 0.4) is 0 Å². The molecule has 13 rings (SSSR count). The molecule has 7 heterocycles. The van der Waals surface area contributed by atoms with Crippen LogP contribution >= 0.6 is 0 Å². The van der Waals surface area contributed by atoms with Crippen molar-refractivity contribution in [3.05, 3.63) is 294 Å². The second-order valence-electron chi connectivity index (χ2n) is 29.7. The number of nitrogens with zero attached hydrogens (tertiary/aromatic N) is 10. The number of carbonyl (C=O) groups is 3. The highest BCUT2D eigenvalue weighted by atomic mass is 32.2.